The van der Waals surface area contributed by atoms with E-state index in [9.17, 15) is 14.9 Å². The molecule has 0 amide bonds. The molecule has 2 aromatic carbocycles. The quantitative estimate of drug-likeness (QED) is 0.285. The van der Waals surface area contributed by atoms with Crippen molar-refractivity contribution in [2.24, 2.45) is 17.8 Å². The second-order valence-corrected chi connectivity index (χ2v) is 9.14. The zero-order valence-electron chi connectivity index (χ0n) is 18.7. The van der Waals surface area contributed by atoms with Gasteiger partial charge in [-0.3, -0.25) is 14.9 Å². The average Bonchev–Trinajstić information content (AvgIpc) is 3.11. The Morgan fingerprint density at radius 3 is 2.66 bits per heavy atom. The van der Waals surface area contributed by atoms with Crippen LogP contribution in [0.3, 0.4) is 0 Å². The van der Waals surface area contributed by atoms with Crippen molar-refractivity contribution >= 4 is 22.7 Å². The van der Waals surface area contributed by atoms with Gasteiger partial charge in [-0.25, -0.2) is 4.98 Å². The van der Waals surface area contributed by atoms with Crippen LogP contribution in [0.2, 0.25) is 0 Å². The third-order valence-electron chi connectivity index (χ3n) is 6.53. The summed E-state index contributed by atoms with van der Waals surface area (Å²) in [5.74, 6) is 1.38. The molecule has 1 fully saturated rings. The minimum Gasteiger partial charge on any atom is -0.461 e. The molecule has 4 rings (SSSR count). The van der Waals surface area contributed by atoms with Crippen molar-refractivity contribution < 1.29 is 14.5 Å². The molecular formula is C25H29N3O4. The summed E-state index contributed by atoms with van der Waals surface area (Å²) in [5.41, 5.74) is 1.76. The number of fused-ring (bicyclic) bond motifs is 1. The highest BCUT2D eigenvalue weighted by Crippen LogP contribution is 2.36. The smallest absolute Gasteiger partial charge is 0.326 e. The van der Waals surface area contributed by atoms with Crippen LogP contribution in [0.5, 0.6) is 0 Å². The van der Waals surface area contributed by atoms with Crippen molar-refractivity contribution in [1.82, 2.24) is 9.55 Å². The number of aromatic nitrogens is 2. The van der Waals surface area contributed by atoms with Crippen molar-refractivity contribution in [1.29, 1.82) is 0 Å². The summed E-state index contributed by atoms with van der Waals surface area (Å²) in [4.78, 5) is 28.9. The Morgan fingerprint density at radius 2 is 1.91 bits per heavy atom. The van der Waals surface area contributed by atoms with E-state index in [1.54, 1.807) is 22.8 Å². The molecule has 0 N–H and O–H groups in total. The molecule has 3 atom stereocenters. The van der Waals surface area contributed by atoms with Gasteiger partial charge in [0.25, 0.3) is 5.69 Å². The minimum atomic E-state index is -0.423. The lowest BCUT2D eigenvalue weighted by molar-refractivity contribution is -0.384. The lowest BCUT2D eigenvalue weighted by atomic mass is 9.75. The fraction of sp³-hybridized carbons (Fsp3) is 0.440. The van der Waals surface area contributed by atoms with Crippen LogP contribution in [0.15, 0.2) is 48.5 Å². The van der Waals surface area contributed by atoms with Crippen molar-refractivity contribution in [3.05, 3.63) is 58.6 Å². The molecule has 168 valence electrons. The lowest BCUT2D eigenvalue weighted by Gasteiger charge is -2.36. The maximum Gasteiger partial charge on any atom is 0.326 e. The van der Waals surface area contributed by atoms with Crippen LogP contribution in [0.1, 0.15) is 40.0 Å². The number of nitro groups is 1. The number of hydrogen-bond acceptors (Lipinski definition) is 5. The van der Waals surface area contributed by atoms with Gasteiger partial charge in [0.2, 0.25) is 0 Å². The number of benzene rings is 2. The van der Waals surface area contributed by atoms with Crippen LogP contribution in [-0.4, -0.2) is 26.5 Å². The maximum atomic E-state index is 13.1. The van der Waals surface area contributed by atoms with Crippen LogP contribution in [-0.2, 0) is 16.1 Å². The fourth-order valence-corrected chi connectivity index (χ4v) is 4.85. The second-order valence-electron chi connectivity index (χ2n) is 9.14. The predicted octanol–water partition coefficient (Wildman–Crippen LogP) is 5.62. The largest absolute Gasteiger partial charge is 0.461 e. The normalized spacial score (nSPS) is 21.1. The summed E-state index contributed by atoms with van der Waals surface area (Å²) in [6.45, 7) is 6.51. The third-order valence-corrected chi connectivity index (χ3v) is 6.53. The molecular weight excluding hydrogens is 406 g/mol. The van der Waals surface area contributed by atoms with Gasteiger partial charge >= 0.3 is 5.97 Å². The van der Waals surface area contributed by atoms with Gasteiger partial charge < -0.3 is 9.30 Å². The van der Waals surface area contributed by atoms with Gasteiger partial charge in [-0.05, 0) is 48.8 Å². The number of rotatable bonds is 6. The summed E-state index contributed by atoms with van der Waals surface area (Å²) >= 11 is 0. The van der Waals surface area contributed by atoms with Crippen molar-refractivity contribution in [3.63, 3.8) is 0 Å². The fourth-order valence-electron chi connectivity index (χ4n) is 4.85. The molecule has 0 bridgehead atoms. The molecule has 0 spiro atoms. The molecule has 1 aromatic heterocycles. The molecule has 7 heteroatoms. The van der Waals surface area contributed by atoms with Crippen molar-refractivity contribution in [2.75, 3.05) is 0 Å². The first-order valence-corrected chi connectivity index (χ1v) is 11.2. The number of nitrogens with zero attached hydrogens (tertiary/aromatic N) is 3. The van der Waals surface area contributed by atoms with Crippen LogP contribution >= 0.6 is 0 Å². The van der Waals surface area contributed by atoms with Crippen molar-refractivity contribution in [2.45, 2.75) is 52.7 Å². The average molecular weight is 436 g/mol. The number of nitro benzene ring substituents is 1. The molecule has 3 aromatic rings. The van der Waals surface area contributed by atoms with Gasteiger partial charge in [-0.2, -0.15) is 0 Å². The zero-order valence-corrected chi connectivity index (χ0v) is 18.7. The predicted molar refractivity (Wildman–Crippen MR) is 123 cm³/mol. The first-order valence-electron chi connectivity index (χ1n) is 11.2. The molecule has 32 heavy (non-hydrogen) atoms. The molecule has 2 unspecified atom stereocenters. The Hall–Kier alpha value is -3.22. The molecule has 0 radical (unpaired) electrons. The van der Waals surface area contributed by atoms with Gasteiger partial charge in [-0.15, -0.1) is 0 Å². The summed E-state index contributed by atoms with van der Waals surface area (Å²) in [6, 6.07) is 13.9. The number of carbonyl (C=O) groups excluding carboxylic acids is 1. The molecule has 7 nitrogen and oxygen atoms in total. The van der Waals surface area contributed by atoms with E-state index in [0.29, 0.717) is 34.7 Å². The van der Waals surface area contributed by atoms with Crippen molar-refractivity contribution in [3.8, 4) is 11.4 Å². The van der Waals surface area contributed by atoms with Gasteiger partial charge in [0, 0.05) is 6.07 Å². The molecule has 0 saturated heterocycles. The number of ether oxygens (including phenoxy) is 1. The van der Waals surface area contributed by atoms with Gasteiger partial charge in [0.15, 0.2) is 0 Å². The van der Waals surface area contributed by atoms with Gasteiger partial charge in [-0.1, -0.05) is 51.5 Å². The van der Waals surface area contributed by atoms with E-state index in [1.165, 1.54) is 6.07 Å². The van der Waals surface area contributed by atoms with Crippen LogP contribution in [0, 0.1) is 27.9 Å². The third kappa shape index (κ3) is 4.38. The summed E-state index contributed by atoms with van der Waals surface area (Å²) in [7, 11) is 0. The maximum absolute atomic E-state index is 13.1. The highest BCUT2D eigenvalue weighted by atomic mass is 16.6. The van der Waals surface area contributed by atoms with Gasteiger partial charge in [0.05, 0.1) is 21.5 Å². The molecule has 1 saturated carbocycles. The first-order chi connectivity index (χ1) is 15.3. The number of hydrogen-bond donors (Lipinski definition) is 0. The number of carbonyl (C=O) groups is 1. The van der Waals surface area contributed by atoms with E-state index in [4.69, 9.17) is 4.74 Å². The SMILES string of the molecule is CC1CCC(C(C)C)[C@H](OC(=O)Cn2c(-c3ccccc3[N+](=O)[O-])nc3ccccc32)C1. The highest BCUT2D eigenvalue weighted by Gasteiger charge is 2.33. The molecule has 0 aliphatic heterocycles. The number of esters is 1. The van der Waals surface area contributed by atoms with Crippen LogP contribution in [0.25, 0.3) is 22.4 Å². The first kappa shape index (κ1) is 22.0. The summed E-state index contributed by atoms with van der Waals surface area (Å²) in [6.07, 6.45) is 2.99. The number of para-hydroxylation sites is 3. The standard InChI is InChI=1S/C25H29N3O4/c1-16(2)18-13-12-17(3)14-23(18)32-24(29)15-27-22-11-7-5-9-20(22)26-25(27)19-8-4-6-10-21(19)28(30)31/h4-11,16-18,23H,12-15H2,1-3H3/t17?,18?,23-/m1/s1. The summed E-state index contributed by atoms with van der Waals surface area (Å²) in [5, 5.41) is 11.6. The molecule has 1 aliphatic rings. The Labute approximate surface area is 187 Å². The summed E-state index contributed by atoms with van der Waals surface area (Å²) < 4.78 is 7.74. The van der Waals surface area contributed by atoms with E-state index >= 15 is 0 Å². The molecule has 1 heterocycles. The molecule has 1 aliphatic carbocycles. The van der Waals surface area contributed by atoms with E-state index in [-0.39, 0.29) is 24.3 Å². The van der Waals surface area contributed by atoms with E-state index < -0.39 is 4.92 Å². The van der Waals surface area contributed by atoms with E-state index in [2.05, 4.69) is 25.8 Å². The highest BCUT2D eigenvalue weighted by molar-refractivity contribution is 5.84. The van der Waals surface area contributed by atoms with E-state index in [1.807, 2.05) is 24.3 Å². The van der Waals surface area contributed by atoms with Gasteiger partial charge in [0.1, 0.15) is 18.5 Å². The monoisotopic (exact) mass is 435 g/mol. The minimum absolute atomic E-state index is 0.0431. The Bertz CT molecular complexity index is 1140. The van der Waals surface area contributed by atoms with E-state index in [0.717, 1.165) is 24.8 Å². The second kappa shape index (κ2) is 9.10. The number of imidazole rings is 1. The topological polar surface area (TPSA) is 87.3 Å². The van der Waals surface area contributed by atoms with Crippen LogP contribution < -0.4 is 0 Å². The van der Waals surface area contributed by atoms with Crippen LogP contribution in [0.4, 0.5) is 5.69 Å². The zero-order chi connectivity index (χ0) is 22.8. The Kier molecular flexibility index (Phi) is 6.26. The Morgan fingerprint density at radius 1 is 1.19 bits per heavy atom. The Balaban J connectivity index is 1.68. The lowest BCUT2D eigenvalue weighted by Crippen LogP contribution is -2.36.